The Balaban J connectivity index is 2.43. The Morgan fingerprint density at radius 2 is 2.00 bits per heavy atom. The summed E-state index contributed by atoms with van der Waals surface area (Å²) in [5.74, 6) is 0.946. The van der Waals surface area contributed by atoms with E-state index >= 15 is 0 Å². The van der Waals surface area contributed by atoms with Crippen molar-refractivity contribution in [3.05, 3.63) is 0 Å². The summed E-state index contributed by atoms with van der Waals surface area (Å²) in [6.45, 7) is 16.6. The van der Waals surface area contributed by atoms with E-state index in [9.17, 15) is 0 Å². The summed E-state index contributed by atoms with van der Waals surface area (Å²) in [5.41, 5.74) is 0.361. The van der Waals surface area contributed by atoms with Gasteiger partial charge in [0.2, 0.25) is 0 Å². The highest BCUT2D eigenvalue weighted by atomic mass is 15.2. The van der Waals surface area contributed by atoms with E-state index in [4.69, 9.17) is 0 Å². The second-order valence-electron chi connectivity index (χ2n) is 6.70. The van der Waals surface area contributed by atoms with Crippen molar-refractivity contribution < 1.29 is 0 Å². The summed E-state index contributed by atoms with van der Waals surface area (Å²) in [5, 5.41) is 3.73. The summed E-state index contributed by atoms with van der Waals surface area (Å²) in [7, 11) is 0. The molecule has 1 fully saturated rings. The van der Waals surface area contributed by atoms with Crippen molar-refractivity contribution in [1.82, 2.24) is 10.2 Å². The topological polar surface area (TPSA) is 15.3 Å². The zero-order chi connectivity index (χ0) is 12.9. The van der Waals surface area contributed by atoms with E-state index < -0.39 is 0 Å². The molecule has 17 heavy (non-hydrogen) atoms. The predicted molar refractivity (Wildman–Crippen MR) is 76.4 cm³/mol. The second-order valence-corrected chi connectivity index (χ2v) is 6.70. The Morgan fingerprint density at radius 1 is 1.29 bits per heavy atom. The number of hydrogen-bond acceptors (Lipinski definition) is 2. The predicted octanol–water partition coefficient (Wildman–Crippen LogP) is 3.13. The van der Waals surface area contributed by atoms with Gasteiger partial charge in [-0.2, -0.15) is 0 Å². The van der Waals surface area contributed by atoms with Crippen LogP contribution in [0.3, 0.4) is 0 Å². The van der Waals surface area contributed by atoms with Gasteiger partial charge in [-0.25, -0.2) is 0 Å². The molecule has 0 amide bonds. The maximum absolute atomic E-state index is 3.73. The molecule has 2 nitrogen and oxygen atoms in total. The lowest BCUT2D eigenvalue weighted by atomic mass is 9.86. The lowest BCUT2D eigenvalue weighted by Gasteiger charge is -2.35. The average Bonchev–Trinajstić information content (AvgIpc) is 2.70. The van der Waals surface area contributed by atoms with Crippen LogP contribution < -0.4 is 5.32 Å². The number of hydrogen-bond donors (Lipinski definition) is 1. The van der Waals surface area contributed by atoms with Crippen LogP contribution in [0, 0.1) is 11.3 Å². The van der Waals surface area contributed by atoms with Crippen LogP contribution >= 0.6 is 0 Å². The van der Waals surface area contributed by atoms with Gasteiger partial charge in [0, 0.05) is 19.1 Å². The molecule has 2 atom stereocenters. The van der Waals surface area contributed by atoms with E-state index in [1.54, 1.807) is 0 Å². The first-order valence-corrected chi connectivity index (χ1v) is 7.43. The van der Waals surface area contributed by atoms with Gasteiger partial charge >= 0.3 is 0 Å². The molecular formula is C15H32N2. The fraction of sp³-hybridized carbons (Fsp3) is 1.00. The number of nitrogens with one attached hydrogen (secondary N) is 1. The molecule has 1 saturated heterocycles. The van der Waals surface area contributed by atoms with Gasteiger partial charge in [0.1, 0.15) is 0 Å². The van der Waals surface area contributed by atoms with Gasteiger partial charge in [-0.05, 0) is 37.3 Å². The van der Waals surface area contributed by atoms with Crippen molar-refractivity contribution in [2.75, 3.05) is 26.2 Å². The van der Waals surface area contributed by atoms with Crippen LogP contribution in [-0.4, -0.2) is 37.1 Å². The molecule has 102 valence electrons. The lowest BCUT2D eigenvalue weighted by Crippen LogP contribution is -2.48. The molecule has 1 aliphatic rings. The van der Waals surface area contributed by atoms with E-state index in [0.29, 0.717) is 11.5 Å². The Bertz CT molecular complexity index is 207. The summed E-state index contributed by atoms with van der Waals surface area (Å²) >= 11 is 0. The zero-order valence-electron chi connectivity index (χ0n) is 12.6. The van der Waals surface area contributed by atoms with Crippen LogP contribution in [0.5, 0.6) is 0 Å². The number of likely N-dealkylation sites (tertiary alicyclic amines) is 1. The SMILES string of the molecule is CCCNC(CN1CCC(CC)C1)C(C)(C)C. The van der Waals surface area contributed by atoms with Gasteiger partial charge in [-0.1, -0.05) is 41.0 Å². The Hall–Kier alpha value is -0.0800. The van der Waals surface area contributed by atoms with Crippen LogP contribution in [0.4, 0.5) is 0 Å². The molecule has 2 heteroatoms. The van der Waals surface area contributed by atoms with Crippen molar-refractivity contribution in [3.63, 3.8) is 0 Å². The summed E-state index contributed by atoms with van der Waals surface area (Å²) in [6.07, 6.45) is 3.98. The molecule has 0 radical (unpaired) electrons. The molecule has 1 heterocycles. The first kappa shape index (κ1) is 15.0. The third kappa shape index (κ3) is 4.97. The van der Waals surface area contributed by atoms with Crippen molar-refractivity contribution in [3.8, 4) is 0 Å². The van der Waals surface area contributed by atoms with Crippen LogP contribution in [-0.2, 0) is 0 Å². The Kier molecular flexibility index (Phi) is 5.94. The molecule has 0 aliphatic carbocycles. The normalized spacial score (nSPS) is 24.2. The van der Waals surface area contributed by atoms with Crippen molar-refractivity contribution in [1.29, 1.82) is 0 Å². The highest BCUT2D eigenvalue weighted by Crippen LogP contribution is 2.24. The van der Waals surface area contributed by atoms with Crippen LogP contribution in [0.25, 0.3) is 0 Å². The molecule has 0 bridgehead atoms. The van der Waals surface area contributed by atoms with Gasteiger partial charge in [0.15, 0.2) is 0 Å². The minimum absolute atomic E-state index is 0.361. The van der Waals surface area contributed by atoms with E-state index in [2.05, 4.69) is 44.8 Å². The van der Waals surface area contributed by atoms with Crippen molar-refractivity contribution in [2.45, 2.75) is 59.9 Å². The Morgan fingerprint density at radius 3 is 2.47 bits per heavy atom. The molecule has 0 aromatic carbocycles. The fourth-order valence-corrected chi connectivity index (χ4v) is 2.63. The van der Waals surface area contributed by atoms with Gasteiger partial charge in [-0.15, -0.1) is 0 Å². The number of nitrogens with zero attached hydrogens (tertiary/aromatic N) is 1. The molecule has 1 rings (SSSR count). The summed E-state index contributed by atoms with van der Waals surface area (Å²) in [4.78, 5) is 2.66. The standard InChI is InChI=1S/C15H32N2/c1-6-9-16-14(15(3,4)5)12-17-10-8-13(7-2)11-17/h13-14,16H,6-12H2,1-5H3. The van der Waals surface area contributed by atoms with E-state index in [-0.39, 0.29) is 0 Å². The van der Waals surface area contributed by atoms with Crippen molar-refractivity contribution in [2.24, 2.45) is 11.3 Å². The number of rotatable bonds is 6. The molecule has 1 aliphatic heterocycles. The minimum Gasteiger partial charge on any atom is -0.312 e. The maximum Gasteiger partial charge on any atom is 0.0243 e. The van der Waals surface area contributed by atoms with E-state index in [1.165, 1.54) is 38.9 Å². The van der Waals surface area contributed by atoms with E-state index in [0.717, 1.165) is 12.5 Å². The first-order chi connectivity index (χ1) is 7.97. The lowest BCUT2D eigenvalue weighted by molar-refractivity contribution is 0.190. The van der Waals surface area contributed by atoms with Crippen LogP contribution in [0.2, 0.25) is 0 Å². The summed E-state index contributed by atoms with van der Waals surface area (Å²) in [6, 6.07) is 0.623. The van der Waals surface area contributed by atoms with Crippen LogP contribution in [0.1, 0.15) is 53.9 Å². The molecule has 2 unspecified atom stereocenters. The molecular weight excluding hydrogens is 208 g/mol. The van der Waals surface area contributed by atoms with Gasteiger partial charge in [-0.3, -0.25) is 0 Å². The highest BCUT2D eigenvalue weighted by molar-refractivity contribution is 4.86. The average molecular weight is 240 g/mol. The summed E-state index contributed by atoms with van der Waals surface area (Å²) < 4.78 is 0. The molecule has 0 aromatic heterocycles. The van der Waals surface area contributed by atoms with Gasteiger partial charge in [0.05, 0.1) is 0 Å². The maximum atomic E-state index is 3.73. The highest BCUT2D eigenvalue weighted by Gasteiger charge is 2.29. The van der Waals surface area contributed by atoms with Gasteiger partial charge in [0.25, 0.3) is 0 Å². The molecule has 1 N–H and O–H groups in total. The molecule has 0 aromatic rings. The smallest absolute Gasteiger partial charge is 0.0243 e. The minimum atomic E-state index is 0.361. The largest absolute Gasteiger partial charge is 0.312 e. The third-order valence-electron chi connectivity index (χ3n) is 4.07. The van der Waals surface area contributed by atoms with E-state index in [1.807, 2.05) is 0 Å². The third-order valence-corrected chi connectivity index (χ3v) is 4.07. The monoisotopic (exact) mass is 240 g/mol. The molecule has 0 saturated carbocycles. The van der Waals surface area contributed by atoms with Crippen LogP contribution in [0.15, 0.2) is 0 Å². The second kappa shape index (κ2) is 6.75. The quantitative estimate of drug-likeness (QED) is 0.767. The van der Waals surface area contributed by atoms with Crippen molar-refractivity contribution >= 4 is 0 Å². The Labute approximate surface area is 108 Å². The fourth-order valence-electron chi connectivity index (χ4n) is 2.63. The zero-order valence-corrected chi connectivity index (χ0v) is 12.6. The first-order valence-electron chi connectivity index (χ1n) is 7.43. The molecule has 0 spiro atoms. The van der Waals surface area contributed by atoms with Gasteiger partial charge < -0.3 is 10.2 Å².